The molecule has 5 nitrogen and oxygen atoms in total. The number of hydrogen-bond acceptors (Lipinski definition) is 3. The Bertz CT molecular complexity index is 383. The van der Waals surface area contributed by atoms with Gasteiger partial charge in [-0.15, -0.1) is 0 Å². The van der Waals surface area contributed by atoms with Gasteiger partial charge in [0, 0.05) is 19.1 Å². The van der Waals surface area contributed by atoms with Gasteiger partial charge in [0.05, 0.1) is 18.4 Å². The molecule has 0 amide bonds. The van der Waals surface area contributed by atoms with Gasteiger partial charge in [-0.1, -0.05) is 32.9 Å². The van der Waals surface area contributed by atoms with Crippen LogP contribution in [0.3, 0.4) is 0 Å². The molecule has 0 saturated carbocycles. The van der Waals surface area contributed by atoms with Crippen molar-refractivity contribution in [3.05, 3.63) is 12.2 Å². The highest BCUT2D eigenvalue weighted by molar-refractivity contribution is 7.53. The molecule has 0 spiro atoms. The molecule has 124 valence electrons. The van der Waals surface area contributed by atoms with Crippen LogP contribution in [0.25, 0.3) is 0 Å². The van der Waals surface area contributed by atoms with E-state index in [4.69, 9.17) is 4.74 Å². The van der Waals surface area contributed by atoms with Gasteiger partial charge in [0.1, 0.15) is 0 Å². The van der Waals surface area contributed by atoms with E-state index in [2.05, 4.69) is 18.4 Å². The van der Waals surface area contributed by atoms with E-state index >= 15 is 0 Å². The second-order valence-electron chi connectivity index (χ2n) is 5.80. The van der Waals surface area contributed by atoms with Gasteiger partial charge in [0.25, 0.3) is 0 Å². The number of hydrogen-bond donors (Lipinski definition) is 2. The fourth-order valence-electron chi connectivity index (χ4n) is 3.32. The van der Waals surface area contributed by atoms with Gasteiger partial charge in [-0.05, 0) is 25.7 Å². The Kier molecular flexibility index (Phi) is 7.08. The summed E-state index contributed by atoms with van der Waals surface area (Å²) in [7, 11) is -4.21. The Morgan fingerprint density at radius 1 is 1.29 bits per heavy atom. The second kappa shape index (κ2) is 7.89. The van der Waals surface area contributed by atoms with E-state index in [1.54, 1.807) is 0 Å². The summed E-state index contributed by atoms with van der Waals surface area (Å²) in [5.41, 5.74) is 0.694. The number of rotatable bonds is 8. The van der Waals surface area contributed by atoms with Crippen molar-refractivity contribution in [2.75, 3.05) is 26.3 Å². The molecule has 1 unspecified atom stereocenters. The highest BCUT2D eigenvalue weighted by Crippen LogP contribution is 2.58. The molecule has 1 atom stereocenters. The minimum absolute atomic E-state index is 0.283. The topological polar surface area (TPSA) is 70.0 Å². The second-order valence-corrected chi connectivity index (χ2v) is 7.74. The largest absolute Gasteiger partial charge is 0.379 e. The molecule has 21 heavy (non-hydrogen) atoms. The Morgan fingerprint density at radius 2 is 1.81 bits per heavy atom. The first-order valence-electron chi connectivity index (χ1n) is 7.88. The zero-order valence-electron chi connectivity index (χ0n) is 13.5. The predicted octanol–water partition coefficient (Wildman–Crippen LogP) is 2.78. The van der Waals surface area contributed by atoms with Crippen molar-refractivity contribution in [2.45, 2.75) is 57.7 Å². The lowest BCUT2D eigenvalue weighted by Gasteiger charge is -2.39. The van der Waals surface area contributed by atoms with Crippen LogP contribution in [0.1, 0.15) is 46.5 Å². The summed E-state index contributed by atoms with van der Waals surface area (Å²) in [5, 5.41) is -1.08. The number of nitrogens with zero attached hydrogens (tertiary/aromatic N) is 1. The lowest BCUT2D eigenvalue weighted by molar-refractivity contribution is 0.0154. The van der Waals surface area contributed by atoms with Crippen LogP contribution >= 0.6 is 7.60 Å². The first kappa shape index (κ1) is 18.9. The number of morpholine rings is 1. The van der Waals surface area contributed by atoms with Gasteiger partial charge in [-0.25, -0.2) is 0 Å². The molecule has 2 N–H and O–H groups in total. The van der Waals surface area contributed by atoms with Crippen LogP contribution in [0.2, 0.25) is 0 Å². The van der Waals surface area contributed by atoms with E-state index in [1.165, 1.54) is 0 Å². The van der Waals surface area contributed by atoms with E-state index in [-0.39, 0.29) is 6.04 Å². The SMILES string of the molecule is C=C(CC(CC)N1CCOCC1)C(CC)(CC)P(=O)(O)O. The number of ether oxygens (including phenoxy) is 1. The third-order valence-corrected chi connectivity index (χ3v) is 6.96. The van der Waals surface area contributed by atoms with Crippen molar-refractivity contribution in [3.8, 4) is 0 Å². The molecular formula is C15H30NO4P. The van der Waals surface area contributed by atoms with Crippen molar-refractivity contribution in [2.24, 2.45) is 0 Å². The quantitative estimate of drug-likeness (QED) is 0.532. The summed E-state index contributed by atoms with van der Waals surface area (Å²) < 4.78 is 17.4. The minimum atomic E-state index is -4.21. The molecule has 1 fully saturated rings. The van der Waals surface area contributed by atoms with E-state index in [9.17, 15) is 14.4 Å². The van der Waals surface area contributed by atoms with E-state index in [0.717, 1.165) is 32.7 Å². The van der Waals surface area contributed by atoms with E-state index < -0.39 is 12.8 Å². The molecule has 1 heterocycles. The Morgan fingerprint density at radius 3 is 2.19 bits per heavy atom. The molecule has 1 rings (SSSR count). The molecule has 6 heteroatoms. The summed E-state index contributed by atoms with van der Waals surface area (Å²) in [6.07, 6.45) is 2.44. The maximum atomic E-state index is 12.0. The average Bonchev–Trinajstić information content (AvgIpc) is 2.46. The lowest BCUT2D eigenvalue weighted by atomic mass is 9.88. The van der Waals surface area contributed by atoms with Crippen LogP contribution in [-0.4, -0.2) is 52.2 Å². The zero-order chi connectivity index (χ0) is 16.1. The van der Waals surface area contributed by atoms with Crippen LogP contribution in [0.15, 0.2) is 12.2 Å². The van der Waals surface area contributed by atoms with E-state index in [0.29, 0.717) is 24.8 Å². The fourth-order valence-corrected chi connectivity index (χ4v) is 4.64. The Hall–Kier alpha value is -0.190. The van der Waals surface area contributed by atoms with Gasteiger partial charge in [-0.3, -0.25) is 9.46 Å². The zero-order valence-corrected chi connectivity index (χ0v) is 14.4. The maximum Gasteiger partial charge on any atom is 0.335 e. The fraction of sp³-hybridized carbons (Fsp3) is 0.867. The summed E-state index contributed by atoms with van der Waals surface area (Å²) >= 11 is 0. The molecule has 0 aromatic rings. The minimum Gasteiger partial charge on any atom is -0.379 e. The maximum absolute atomic E-state index is 12.0. The molecule has 0 bridgehead atoms. The Labute approximate surface area is 128 Å². The van der Waals surface area contributed by atoms with Crippen molar-refractivity contribution in [1.82, 2.24) is 4.90 Å². The first-order chi connectivity index (χ1) is 9.82. The molecule has 0 aliphatic carbocycles. The van der Waals surface area contributed by atoms with Crippen molar-refractivity contribution in [3.63, 3.8) is 0 Å². The predicted molar refractivity (Wildman–Crippen MR) is 85.6 cm³/mol. The average molecular weight is 319 g/mol. The molecule has 1 aliphatic heterocycles. The molecular weight excluding hydrogens is 289 g/mol. The van der Waals surface area contributed by atoms with Crippen molar-refractivity contribution < 1.29 is 19.1 Å². The molecule has 0 aromatic carbocycles. The van der Waals surface area contributed by atoms with Crippen LogP contribution < -0.4 is 0 Å². The van der Waals surface area contributed by atoms with Crippen LogP contribution in [0, 0.1) is 0 Å². The smallest absolute Gasteiger partial charge is 0.335 e. The van der Waals surface area contributed by atoms with Gasteiger partial charge in [0.15, 0.2) is 0 Å². The molecule has 0 aromatic heterocycles. The monoisotopic (exact) mass is 319 g/mol. The highest BCUT2D eigenvalue weighted by atomic mass is 31.2. The summed E-state index contributed by atoms with van der Waals surface area (Å²) in [5.74, 6) is 0. The highest BCUT2D eigenvalue weighted by Gasteiger charge is 2.46. The molecule has 1 aliphatic rings. The summed E-state index contributed by atoms with van der Waals surface area (Å²) in [4.78, 5) is 22.0. The van der Waals surface area contributed by atoms with Crippen molar-refractivity contribution in [1.29, 1.82) is 0 Å². The molecule has 0 radical (unpaired) electrons. The normalized spacial score (nSPS) is 19.5. The standard InChI is InChI=1S/C15H30NO4P/c1-5-14(16-8-10-20-11-9-16)12-13(4)15(6-2,7-3)21(17,18)19/h14H,4-12H2,1-3H3,(H2,17,18,19). The van der Waals surface area contributed by atoms with Crippen LogP contribution in [-0.2, 0) is 9.30 Å². The van der Waals surface area contributed by atoms with Gasteiger partial charge in [-0.2, -0.15) is 0 Å². The summed E-state index contributed by atoms with van der Waals surface area (Å²) in [6, 6.07) is 0.283. The van der Waals surface area contributed by atoms with Crippen LogP contribution in [0.5, 0.6) is 0 Å². The first-order valence-corrected chi connectivity index (χ1v) is 9.49. The van der Waals surface area contributed by atoms with Crippen molar-refractivity contribution >= 4 is 7.60 Å². The third-order valence-electron chi connectivity index (χ3n) is 4.90. The Balaban J connectivity index is 2.86. The lowest BCUT2D eigenvalue weighted by Crippen LogP contribution is -2.44. The van der Waals surface area contributed by atoms with E-state index in [1.807, 2.05) is 13.8 Å². The molecule has 1 saturated heterocycles. The van der Waals surface area contributed by atoms with Gasteiger partial charge in [0.2, 0.25) is 0 Å². The van der Waals surface area contributed by atoms with Gasteiger partial charge >= 0.3 is 7.60 Å². The third kappa shape index (κ3) is 4.17. The van der Waals surface area contributed by atoms with Crippen LogP contribution in [0.4, 0.5) is 0 Å². The van der Waals surface area contributed by atoms with Gasteiger partial charge < -0.3 is 14.5 Å². The summed E-state index contributed by atoms with van der Waals surface area (Å²) in [6.45, 7) is 13.1.